The number of aromatic nitrogens is 2. The Labute approximate surface area is 132 Å². The fourth-order valence-electron chi connectivity index (χ4n) is 1.69. The number of carbonyl (C=O) groups excluding carboxylic acids is 1. The van der Waals surface area contributed by atoms with E-state index in [0.717, 1.165) is 0 Å². The van der Waals surface area contributed by atoms with Crippen LogP contribution in [0.5, 0.6) is 11.6 Å². The molecule has 8 heteroatoms. The molecule has 1 atom stereocenters. The number of rotatable bonds is 6. The maximum atomic E-state index is 13.4. The Hall–Kier alpha value is -2.90. The van der Waals surface area contributed by atoms with Crippen LogP contribution < -0.4 is 20.1 Å². The number of anilines is 1. The van der Waals surface area contributed by atoms with Crippen molar-refractivity contribution in [3.8, 4) is 11.6 Å². The predicted octanol–water partition coefficient (Wildman–Crippen LogP) is 2.21. The van der Waals surface area contributed by atoms with Gasteiger partial charge in [-0.2, -0.15) is 0 Å². The van der Waals surface area contributed by atoms with E-state index >= 15 is 0 Å². The van der Waals surface area contributed by atoms with E-state index in [-0.39, 0.29) is 18.1 Å². The van der Waals surface area contributed by atoms with E-state index in [4.69, 9.17) is 9.47 Å². The highest BCUT2D eigenvalue weighted by molar-refractivity contribution is 5.88. The molecular formula is C15H17FN4O3. The van der Waals surface area contributed by atoms with Gasteiger partial charge in [0, 0.05) is 6.07 Å². The highest BCUT2D eigenvalue weighted by Crippen LogP contribution is 2.16. The van der Waals surface area contributed by atoms with E-state index in [2.05, 4.69) is 20.8 Å². The number of hydrogen-bond donors (Lipinski definition) is 2. The lowest BCUT2D eigenvalue weighted by Crippen LogP contribution is -2.36. The number of halogens is 1. The second-order valence-electron chi connectivity index (χ2n) is 4.65. The first-order valence-electron chi connectivity index (χ1n) is 6.92. The van der Waals surface area contributed by atoms with Crippen LogP contribution in [0.3, 0.4) is 0 Å². The van der Waals surface area contributed by atoms with E-state index in [1.54, 1.807) is 31.2 Å². The summed E-state index contributed by atoms with van der Waals surface area (Å²) < 4.78 is 23.7. The van der Waals surface area contributed by atoms with Crippen LogP contribution >= 0.6 is 0 Å². The fraction of sp³-hybridized carbons (Fsp3) is 0.267. The quantitative estimate of drug-likeness (QED) is 0.852. The summed E-state index contributed by atoms with van der Waals surface area (Å²) in [5.41, 5.74) is 0. The molecule has 1 aromatic heterocycles. The first-order valence-corrected chi connectivity index (χ1v) is 6.92. The van der Waals surface area contributed by atoms with Gasteiger partial charge in [0.15, 0.2) is 17.4 Å². The van der Waals surface area contributed by atoms with Crippen molar-refractivity contribution in [2.24, 2.45) is 0 Å². The molecule has 122 valence electrons. The molecular weight excluding hydrogens is 303 g/mol. The number of hydrogen-bond acceptors (Lipinski definition) is 5. The minimum absolute atomic E-state index is 0.142. The first kappa shape index (κ1) is 16.5. The number of nitrogens with zero attached hydrogens (tertiary/aromatic N) is 2. The topological polar surface area (TPSA) is 85.4 Å². The number of methoxy groups -OCH3 is 1. The monoisotopic (exact) mass is 320 g/mol. The zero-order valence-electron chi connectivity index (χ0n) is 12.7. The summed E-state index contributed by atoms with van der Waals surface area (Å²) in [5, 5.41) is 12.6. The van der Waals surface area contributed by atoms with Gasteiger partial charge in [-0.25, -0.2) is 9.18 Å². The lowest BCUT2D eigenvalue weighted by Gasteiger charge is -2.16. The van der Waals surface area contributed by atoms with Crippen LogP contribution in [0.15, 0.2) is 36.4 Å². The van der Waals surface area contributed by atoms with Gasteiger partial charge in [0.05, 0.1) is 13.7 Å². The van der Waals surface area contributed by atoms with Gasteiger partial charge in [-0.05, 0) is 25.1 Å². The molecule has 23 heavy (non-hydrogen) atoms. The highest BCUT2D eigenvalue weighted by atomic mass is 19.1. The molecule has 0 aliphatic rings. The lowest BCUT2D eigenvalue weighted by molar-refractivity contribution is 0.205. The summed E-state index contributed by atoms with van der Waals surface area (Å²) in [6, 6.07) is 8.76. The molecule has 0 saturated heterocycles. The van der Waals surface area contributed by atoms with Gasteiger partial charge in [0.2, 0.25) is 5.88 Å². The molecule has 2 rings (SSSR count). The van der Waals surface area contributed by atoms with Gasteiger partial charge in [-0.3, -0.25) is 5.32 Å². The third-order valence-corrected chi connectivity index (χ3v) is 2.81. The standard InChI is InChI=1S/C15H17FN4O3/c1-10(23-12-6-4-3-5-11(12)16)9-17-15(21)18-13-7-8-14(22-2)20-19-13/h3-8,10H,9H2,1-2H3,(H2,17,18,19,21). The Kier molecular flexibility index (Phi) is 5.67. The van der Waals surface area contributed by atoms with Gasteiger partial charge in [-0.15, -0.1) is 10.2 Å². The minimum Gasteiger partial charge on any atom is -0.486 e. The van der Waals surface area contributed by atoms with Gasteiger partial charge >= 0.3 is 6.03 Å². The maximum absolute atomic E-state index is 13.4. The van der Waals surface area contributed by atoms with Crippen molar-refractivity contribution in [2.45, 2.75) is 13.0 Å². The molecule has 0 radical (unpaired) electrons. The molecule has 1 unspecified atom stereocenters. The molecule has 2 aromatic rings. The zero-order valence-corrected chi connectivity index (χ0v) is 12.7. The smallest absolute Gasteiger partial charge is 0.320 e. The number of nitrogens with one attached hydrogen (secondary N) is 2. The number of para-hydroxylation sites is 1. The molecule has 0 fully saturated rings. The predicted molar refractivity (Wildman–Crippen MR) is 82.1 cm³/mol. The largest absolute Gasteiger partial charge is 0.486 e. The van der Waals surface area contributed by atoms with E-state index in [0.29, 0.717) is 5.88 Å². The summed E-state index contributed by atoms with van der Waals surface area (Å²) in [7, 11) is 1.47. The number of ether oxygens (including phenoxy) is 2. The van der Waals surface area contributed by atoms with Crippen molar-refractivity contribution in [1.29, 1.82) is 0 Å². The minimum atomic E-state index is -0.464. The summed E-state index contributed by atoms with van der Waals surface area (Å²) in [6.07, 6.45) is -0.403. The normalized spacial score (nSPS) is 11.4. The molecule has 0 aliphatic heterocycles. The van der Waals surface area contributed by atoms with Crippen LogP contribution in [0.1, 0.15) is 6.92 Å². The number of urea groups is 1. The average Bonchev–Trinajstić information content (AvgIpc) is 2.56. The summed E-state index contributed by atoms with van der Waals surface area (Å²) >= 11 is 0. The van der Waals surface area contributed by atoms with Crippen molar-refractivity contribution in [1.82, 2.24) is 15.5 Å². The van der Waals surface area contributed by atoms with Crippen molar-refractivity contribution >= 4 is 11.8 Å². The van der Waals surface area contributed by atoms with Gasteiger partial charge in [0.1, 0.15) is 6.10 Å². The molecule has 1 heterocycles. The molecule has 0 spiro atoms. The molecule has 0 aliphatic carbocycles. The maximum Gasteiger partial charge on any atom is 0.320 e. The number of amides is 2. The van der Waals surface area contributed by atoms with Crippen LogP contribution in [0.2, 0.25) is 0 Å². The third-order valence-electron chi connectivity index (χ3n) is 2.81. The van der Waals surface area contributed by atoms with Crippen LogP contribution in [0.4, 0.5) is 15.0 Å². The van der Waals surface area contributed by atoms with E-state index in [1.807, 2.05) is 0 Å². The van der Waals surface area contributed by atoms with Gasteiger partial charge < -0.3 is 14.8 Å². The van der Waals surface area contributed by atoms with Crippen molar-refractivity contribution < 1.29 is 18.7 Å². The first-order chi connectivity index (χ1) is 11.1. The molecule has 0 bridgehead atoms. The highest BCUT2D eigenvalue weighted by Gasteiger charge is 2.10. The van der Waals surface area contributed by atoms with Crippen molar-refractivity contribution in [2.75, 3.05) is 19.0 Å². The Morgan fingerprint density at radius 2 is 2.04 bits per heavy atom. The van der Waals surface area contributed by atoms with Crippen LogP contribution in [0, 0.1) is 5.82 Å². The van der Waals surface area contributed by atoms with Crippen LogP contribution in [-0.4, -0.2) is 36.0 Å². The molecule has 7 nitrogen and oxygen atoms in total. The second-order valence-corrected chi connectivity index (χ2v) is 4.65. The van der Waals surface area contributed by atoms with Crippen LogP contribution in [0.25, 0.3) is 0 Å². The Bertz CT molecular complexity index is 651. The summed E-state index contributed by atoms with van der Waals surface area (Å²) in [4.78, 5) is 11.7. The van der Waals surface area contributed by atoms with Gasteiger partial charge in [-0.1, -0.05) is 12.1 Å². The van der Waals surface area contributed by atoms with E-state index in [9.17, 15) is 9.18 Å². The molecule has 2 amide bonds. The molecule has 0 saturated carbocycles. The Morgan fingerprint density at radius 1 is 1.26 bits per heavy atom. The molecule has 1 aromatic carbocycles. The Balaban J connectivity index is 1.78. The van der Waals surface area contributed by atoms with Crippen molar-refractivity contribution in [3.63, 3.8) is 0 Å². The number of benzene rings is 1. The second kappa shape index (κ2) is 7.92. The molecule has 2 N–H and O–H groups in total. The zero-order chi connectivity index (χ0) is 16.7. The summed E-state index contributed by atoms with van der Waals surface area (Å²) in [6.45, 7) is 1.92. The Morgan fingerprint density at radius 3 is 2.70 bits per heavy atom. The summed E-state index contributed by atoms with van der Waals surface area (Å²) in [5.74, 6) is 0.328. The van der Waals surface area contributed by atoms with E-state index in [1.165, 1.54) is 19.2 Å². The fourth-order valence-corrected chi connectivity index (χ4v) is 1.69. The van der Waals surface area contributed by atoms with Crippen LogP contribution in [-0.2, 0) is 0 Å². The van der Waals surface area contributed by atoms with Gasteiger partial charge in [0.25, 0.3) is 0 Å². The van der Waals surface area contributed by atoms with Crippen molar-refractivity contribution in [3.05, 3.63) is 42.2 Å². The lowest BCUT2D eigenvalue weighted by atomic mass is 10.3. The number of carbonyl (C=O) groups is 1. The average molecular weight is 320 g/mol. The SMILES string of the molecule is COc1ccc(NC(=O)NCC(C)Oc2ccccc2F)nn1. The van der Waals surface area contributed by atoms with E-state index < -0.39 is 18.0 Å². The third kappa shape index (κ3) is 5.10.